The Bertz CT molecular complexity index is 900. The second-order valence-corrected chi connectivity index (χ2v) is 7.72. The van der Waals surface area contributed by atoms with Gasteiger partial charge in [0.2, 0.25) is 0 Å². The Hall–Kier alpha value is -1.98. The molecule has 5 heteroatoms. The zero-order chi connectivity index (χ0) is 16.5. The maximum atomic E-state index is 12.5. The van der Waals surface area contributed by atoms with Gasteiger partial charge in [-0.15, -0.1) is 11.3 Å². The standard InChI is InChI=1S/C19H21N3OS/c1-13-7-5-6-10-22(13)12-17-20-18(23)15-11-16(24-19(15)21-17)14-8-3-2-4-9-14/h2-4,8-9,11,13H,5-7,10,12H2,1H3,(H,20,21,23)/p+1/t13-/m1/s1. The highest BCUT2D eigenvalue weighted by Gasteiger charge is 2.23. The van der Waals surface area contributed by atoms with Crippen LogP contribution in [-0.4, -0.2) is 22.6 Å². The molecule has 0 radical (unpaired) electrons. The van der Waals surface area contributed by atoms with Gasteiger partial charge in [0, 0.05) is 4.88 Å². The van der Waals surface area contributed by atoms with Crippen molar-refractivity contribution in [1.82, 2.24) is 9.97 Å². The number of hydrogen-bond donors (Lipinski definition) is 2. The predicted octanol–water partition coefficient (Wildman–Crippen LogP) is 2.61. The van der Waals surface area contributed by atoms with Gasteiger partial charge in [0.1, 0.15) is 11.4 Å². The molecule has 1 saturated heterocycles. The highest BCUT2D eigenvalue weighted by molar-refractivity contribution is 7.21. The third-order valence-electron chi connectivity index (χ3n) is 4.99. The molecule has 2 atom stereocenters. The molecule has 1 aliphatic rings. The van der Waals surface area contributed by atoms with Gasteiger partial charge in [-0.2, -0.15) is 0 Å². The summed E-state index contributed by atoms with van der Waals surface area (Å²) in [6.07, 6.45) is 3.85. The number of fused-ring (bicyclic) bond motifs is 1. The van der Waals surface area contributed by atoms with E-state index in [1.807, 2.05) is 24.3 Å². The number of H-pyrrole nitrogens is 1. The highest BCUT2D eigenvalue weighted by Crippen LogP contribution is 2.30. The van der Waals surface area contributed by atoms with Crippen LogP contribution in [0.25, 0.3) is 20.7 Å². The Balaban J connectivity index is 1.68. The van der Waals surface area contributed by atoms with E-state index in [1.165, 1.54) is 30.7 Å². The van der Waals surface area contributed by atoms with Crippen LogP contribution in [0.1, 0.15) is 32.0 Å². The molecule has 1 aromatic carbocycles. The molecular formula is C19H22N3OS+. The third kappa shape index (κ3) is 3.01. The SMILES string of the molecule is C[C@@H]1CCCC[NH+]1Cc1nc2sc(-c3ccccc3)cc2c(=O)[nH]1. The van der Waals surface area contributed by atoms with Crippen molar-refractivity contribution in [2.24, 2.45) is 0 Å². The molecule has 1 fully saturated rings. The van der Waals surface area contributed by atoms with Crippen LogP contribution in [0.2, 0.25) is 0 Å². The summed E-state index contributed by atoms with van der Waals surface area (Å²) in [6.45, 7) is 4.28. The molecule has 124 valence electrons. The van der Waals surface area contributed by atoms with E-state index in [2.05, 4.69) is 24.0 Å². The van der Waals surface area contributed by atoms with E-state index in [0.717, 1.165) is 27.6 Å². The number of benzene rings is 1. The van der Waals surface area contributed by atoms with Gasteiger partial charge in [-0.1, -0.05) is 30.3 Å². The first kappa shape index (κ1) is 15.5. The van der Waals surface area contributed by atoms with Crippen LogP contribution in [0, 0.1) is 0 Å². The minimum atomic E-state index is -0.0162. The molecular weight excluding hydrogens is 318 g/mol. The molecule has 3 aromatic rings. The normalized spacial score (nSPS) is 21.2. The van der Waals surface area contributed by atoms with E-state index in [0.29, 0.717) is 11.4 Å². The summed E-state index contributed by atoms with van der Waals surface area (Å²) in [7, 11) is 0. The largest absolute Gasteiger partial charge is 0.326 e. The van der Waals surface area contributed by atoms with Crippen molar-refractivity contribution < 1.29 is 4.90 Å². The minimum absolute atomic E-state index is 0.0162. The van der Waals surface area contributed by atoms with Gasteiger partial charge in [0.15, 0.2) is 5.82 Å². The molecule has 0 bridgehead atoms. The maximum absolute atomic E-state index is 12.5. The number of quaternary nitrogens is 1. The lowest BCUT2D eigenvalue weighted by Gasteiger charge is -2.29. The Morgan fingerprint density at radius 1 is 1.29 bits per heavy atom. The molecule has 2 aromatic heterocycles. The lowest BCUT2D eigenvalue weighted by molar-refractivity contribution is -0.942. The quantitative estimate of drug-likeness (QED) is 0.770. The minimum Gasteiger partial charge on any atom is -0.326 e. The Kier molecular flexibility index (Phi) is 4.21. The maximum Gasteiger partial charge on any atom is 0.259 e. The molecule has 4 rings (SSSR count). The Morgan fingerprint density at radius 3 is 2.92 bits per heavy atom. The molecule has 2 N–H and O–H groups in total. The Morgan fingerprint density at radius 2 is 2.12 bits per heavy atom. The highest BCUT2D eigenvalue weighted by atomic mass is 32.1. The van der Waals surface area contributed by atoms with Crippen molar-refractivity contribution in [1.29, 1.82) is 0 Å². The van der Waals surface area contributed by atoms with Crippen molar-refractivity contribution in [2.45, 2.75) is 38.8 Å². The monoisotopic (exact) mass is 340 g/mol. The Labute approximate surface area is 145 Å². The number of likely N-dealkylation sites (tertiary alicyclic amines) is 1. The number of nitrogens with one attached hydrogen (secondary N) is 2. The van der Waals surface area contributed by atoms with E-state index in [4.69, 9.17) is 4.98 Å². The summed E-state index contributed by atoms with van der Waals surface area (Å²) in [5.41, 5.74) is 1.12. The zero-order valence-electron chi connectivity index (χ0n) is 13.8. The average Bonchev–Trinajstić information content (AvgIpc) is 3.03. The van der Waals surface area contributed by atoms with E-state index in [-0.39, 0.29) is 5.56 Å². The summed E-state index contributed by atoms with van der Waals surface area (Å²) in [4.78, 5) is 23.7. The van der Waals surface area contributed by atoms with Crippen LogP contribution >= 0.6 is 11.3 Å². The third-order valence-corrected chi connectivity index (χ3v) is 6.06. The topological polar surface area (TPSA) is 50.2 Å². The first-order valence-corrected chi connectivity index (χ1v) is 9.45. The fraction of sp³-hybridized carbons (Fsp3) is 0.368. The predicted molar refractivity (Wildman–Crippen MR) is 98.5 cm³/mol. The van der Waals surface area contributed by atoms with E-state index < -0.39 is 0 Å². The van der Waals surface area contributed by atoms with E-state index in [9.17, 15) is 4.79 Å². The number of aromatic amines is 1. The second kappa shape index (κ2) is 6.49. The van der Waals surface area contributed by atoms with Crippen LogP contribution in [0.5, 0.6) is 0 Å². The van der Waals surface area contributed by atoms with Crippen LogP contribution in [0.3, 0.4) is 0 Å². The molecule has 1 aliphatic heterocycles. The summed E-state index contributed by atoms with van der Waals surface area (Å²) >= 11 is 1.60. The van der Waals surface area contributed by atoms with Crippen molar-refractivity contribution in [2.75, 3.05) is 6.54 Å². The molecule has 0 aliphatic carbocycles. The first-order chi connectivity index (χ1) is 11.7. The van der Waals surface area contributed by atoms with Gasteiger partial charge in [0.05, 0.1) is 18.0 Å². The van der Waals surface area contributed by atoms with Crippen molar-refractivity contribution in [3.8, 4) is 10.4 Å². The smallest absolute Gasteiger partial charge is 0.259 e. The fourth-order valence-electron chi connectivity index (χ4n) is 3.54. The summed E-state index contributed by atoms with van der Waals surface area (Å²) in [6, 6.07) is 12.8. The average molecular weight is 340 g/mol. The van der Waals surface area contributed by atoms with Crippen LogP contribution in [0.4, 0.5) is 0 Å². The first-order valence-electron chi connectivity index (χ1n) is 8.63. The van der Waals surface area contributed by atoms with Gasteiger partial charge in [-0.3, -0.25) is 4.79 Å². The summed E-state index contributed by atoms with van der Waals surface area (Å²) in [5, 5.41) is 0.698. The molecule has 0 amide bonds. The summed E-state index contributed by atoms with van der Waals surface area (Å²) < 4.78 is 0. The number of rotatable bonds is 3. The van der Waals surface area contributed by atoms with Crippen LogP contribution < -0.4 is 10.5 Å². The second-order valence-electron chi connectivity index (χ2n) is 6.69. The van der Waals surface area contributed by atoms with Gasteiger partial charge in [-0.25, -0.2) is 4.98 Å². The van der Waals surface area contributed by atoms with E-state index in [1.54, 1.807) is 11.3 Å². The number of aromatic nitrogens is 2. The molecule has 4 nitrogen and oxygen atoms in total. The molecule has 1 unspecified atom stereocenters. The molecule has 0 spiro atoms. The fourth-order valence-corrected chi connectivity index (χ4v) is 4.59. The molecule has 24 heavy (non-hydrogen) atoms. The lowest BCUT2D eigenvalue weighted by atomic mass is 10.0. The number of nitrogens with zero attached hydrogens (tertiary/aromatic N) is 1. The number of piperidine rings is 1. The summed E-state index contributed by atoms with van der Waals surface area (Å²) in [5.74, 6) is 0.817. The van der Waals surface area contributed by atoms with Gasteiger partial charge < -0.3 is 9.88 Å². The van der Waals surface area contributed by atoms with Crippen molar-refractivity contribution >= 4 is 21.6 Å². The van der Waals surface area contributed by atoms with Gasteiger partial charge in [-0.05, 0) is 37.8 Å². The number of thiophene rings is 1. The van der Waals surface area contributed by atoms with Crippen molar-refractivity contribution in [3.05, 3.63) is 52.6 Å². The number of hydrogen-bond acceptors (Lipinski definition) is 3. The zero-order valence-corrected chi connectivity index (χ0v) is 14.7. The lowest BCUT2D eigenvalue weighted by Crippen LogP contribution is -3.15. The van der Waals surface area contributed by atoms with Gasteiger partial charge in [0.25, 0.3) is 5.56 Å². The van der Waals surface area contributed by atoms with Crippen LogP contribution in [0.15, 0.2) is 41.2 Å². The van der Waals surface area contributed by atoms with E-state index >= 15 is 0 Å². The van der Waals surface area contributed by atoms with Crippen molar-refractivity contribution in [3.63, 3.8) is 0 Å². The van der Waals surface area contributed by atoms with Crippen LogP contribution in [-0.2, 0) is 6.54 Å². The molecule has 3 heterocycles. The molecule has 0 saturated carbocycles. The van der Waals surface area contributed by atoms with Gasteiger partial charge >= 0.3 is 0 Å².